The van der Waals surface area contributed by atoms with E-state index in [1.807, 2.05) is 0 Å². The second kappa shape index (κ2) is 8.77. The Morgan fingerprint density at radius 1 is 1.04 bits per heavy atom. The van der Waals surface area contributed by atoms with Gasteiger partial charge in [0, 0.05) is 30.0 Å². The molecule has 0 radical (unpaired) electrons. The van der Waals surface area contributed by atoms with Gasteiger partial charge < -0.3 is 15.0 Å². The van der Waals surface area contributed by atoms with Gasteiger partial charge >= 0.3 is 0 Å². The van der Waals surface area contributed by atoms with Crippen molar-refractivity contribution in [2.45, 2.75) is 45.4 Å². The lowest BCUT2D eigenvalue weighted by Gasteiger charge is -2.25. The molecule has 1 saturated heterocycles. The van der Waals surface area contributed by atoms with E-state index in [2.05, 4.69) is 29.6 Å². The van der Waals surface area contributed by atoms with E-state index in [0.29, 0.717) is 17.3 Å². The molecule has 0 bridgehead atoms. The molecule has 1 aliphatic rings. The lowest BCUT2D eigenvalue weighted by molar-refractivity contribution is -0.901. The summed E-state index contributed by atoms with van der Waals surface area (Å²) in [5.74, 6) is 0.469. The predicted octanol–water partition coefficient (Wildman–Crippen LogP) is 2.99. The molecule has 1 amide bonds. The van der Waals surface area contributed by atoms with Crippen molar-refractivity contribution in [2.75, 3.05) is 13.1 Å². The van der Waals surface area contributed by atoms with Crippen molar-refractivity contribution in [2.24, 2.45) is 0 Å². The fourth-order valence-corrected chi connectivity index (χ4v) is 3.48. The zero-order valence-corrected chi connectivity index (χ0v) is 16.8. The smallest absolute Gasteiger partial charge is 0.263 e. The summed E-state index contributed by atoms with van der Waals surface area (Å²) in [7, 11) is 0. The summed E-state index contributed by atoms with van der Waals surface area (Å²) in [6.45, 7) is 7.66. The third kappa shape index (κ3) is 5.72. The number of hydrogen-bond donors (Lipinski definition) is 2. The Hall–Kier alpha value is -2.04. The maximum absolute atomic E-state index is 12.5. The summed E-state index contributed by atoms with van der Waals surface area (Å²) >= 11 is 5.89. The van der Waals surface area contributed by atoms with Crippen LogP contribution in [0.2, 0.25) is 5.02 Å². The van der Waals surface area contributed by atoms with Crippen LogP contribution in [-0.2, 0) is 17.9 Å². The minimum Gasteiger partial charge on any atom is -0.478 e. The van der Waals surface area contributed by atoms with Crippen molar-refractivity contribution < 1.29 is 14.4 Å². The summed E-state index contributed by atoms with van der Waals surface area (Å²) in [5.41, 5.74) is 1.48. The van der Waals surface area contributed by atoms with Crippen molar-refractivity contribution in [1.82, 2.24) is 5.32 Å². The Bertz CT molecular complexity index is 751. The second-order valence-corrected chi connectivity index (χ2v) is 8.14. The molecule has 1 heterocycles. The van der Waals surface area contributed by atoms with Crippen LogP contribution in [0.25, 0.3) is 0 Å². The summed E-state index contributed by atoms with van der Waals surface area (Å²) in [5, 5.41) is 3.61. The molecule has 0 atom stereocenters. The highest BCUT2D eigenvalue weighted by Gasteiger charge is 2.29. The fraction of sp³-hybridized carbons (Fsp3) is 0.409. The molecular formula is C22H28ClN2O2+. The highest BCUT2D eigenvalue weighted by Crippen LogP contribution is 2.21. The Morgan fingerprint density at radius 3 is 2.26 bits per heavy atom. The van der Waals surface area contributed by atoms with E-state index in [4.69, 9.17) is 16.3 Å². The minimum absolute atomic E-state index is 0.150. The standard InChI is InChI=1S/C22H27ClN2O2/c1-22(2,27-20-11-9-19(23)10-12-20)21(26)24-15-17-5-7-18(8-6-17)16-25-13-3-4-14-25/h5-12H,3-4,13-16H2,1-2H3,(H,24,26)/p+1. The van der Waals surface area contributed by atoms with Crippen molar-refractivity contribution in [1.29, 1.82) is 0 Å². The molecule has 1 fully saturated rings. The monoisotopic (exact) mass is 387 g/mol. The summed E-state index contributed by atoms with van der Waals surface area (Å²) in [6.07, 6.45) is 2.68. The summed E-state index contributed by atoms with van der Waals surface area (Å²) in [6, 6.07) is 15.5. The molecule has 27 heavy (non-hydrogen) atoms. The summed E-state index contributed by atoms with van der Waals surface area (Å²) < 4.78 is 5.83. The maximum Gasteiger partial charge on any atom is 0.263 e. The van der Waals surface area contributed by atoms with Gasteiger partial charge in [-0.25, -0.2) is 0 Å². The number of likely N-dealkylation sites (tertiary alicyclic amines) is 1. The quantitative estimate of drug-likeness (QED) is 0.767. The molecule has 0 aliphatic carbocycles. The van der Waals surface area contributed by atoms with Gasteiger partial charge in [0.1, 0.15) is 12.3 Å². The lowest BCUT2D eigenvalue weighted by atomic mass is 10.1. The van der Waals surface area contributed by atoms with E-state index in [1.165, 1.54) is 31.5 Å². The van der Waals surface area contributed by atoms with E-state index in [9.17, 15) is 4.79 Å². The molecule has 0 spiro atoms. The Morgan fingerprint density at radius 2 is 1.63 bits per heavy atom. The third-order valence-electron chi connectivity index (χ3n) is 4.97. The normalized spacial score (nSPS) is 14.9. The van der Waals surface area contributed by atoms with Crippen LogP contribution in [0, 0.1) is 0 Å². The van der Waals surface area contributed by atoms with Crippen molar-refractivity contribution in [3.05, 3.63) is 64.7 Å². The molecular weight excluding hydrogens is 360 g/mol. The van der Waals surface area contributed by atoms with Crippen LogP contribution >= 0.6 is 11.6 Å². The SMILES string of the molecule is CC(C)(Oc1ccc(Cl)cc1)C(=O)NCc1ccc(C[NH+]2CCCC2)cc1. The topological polar surface area (TPSA) is 42.8 Å². The van der Waals surface area contributed by atoms with E-state index in [-0.39, 0.29) is 5.91 Å². The zero-order valence-electron chi connectivity index (χ0n) is 16.1. The number of quaternary nitrogens is 1. The predicted molar refractivity (Wildman–Crippen MR) is 108 cm³/mol. The Kier molecular flexibility index (Phi) is 6.40. The van der Waals surface area contributed by atoms with Gasteiger partial charge in [-0.05, 0) is 43.7 Å². The highest BCUT2D eigenvalue weighted by atomic mass is 35.5. The number of amides is 1. The number of hydrogen-bond acceptors (Lipinski definition) is 2. The third-order valence-corrected chi connectivity index (χ3v) is 5.23. The first-order chi connectivity index (χ1) is 12.9. The average molecular weight is 388 g/mol. The van der Waals surface area contributed by atoms with Gasteiger partial charge in [0.2, 0.25) is 0 Å². The molecule has 144 valence electrons. The molecule has 1 aliphatic heterocycles. The fourth-order valence-electron chi connectivity index (χ4n) is 3.35. The first-order valence-corrected chi connectivity index (χ1v) is 9.94. The summed E-state index contributed by atoms with van der Waals surface area (Å²) in [4.78, 5) is 14.2. The largest absolute Gasteiger partial charge is 0.478 e. The number of halogens is 1. The van der Waals surface area contributed by atoms with Gasteiger partial charge in [-0.2, -0.15) is 0 Å². The average Bonchev–Trinajstić information content (AvgIpc) is 3.15. The van der Waals surface area contributed by atoms with E-state index >= 15 is 0 Å². The first-order valence-electron chi connectivity index (χ1n) is 9.57. The number of benzene rings is 2. The Balaban J connectivity index is 1.50. The van der Waals surface area contributed by atoms with Gasteiger partial charge in [-0.3, -0.25) is 4.79 Å². The zero-order chi connectivity index (χ0) is 19.3. The van der Waals surface area contributed by atoms with Crippen LogP contribution in [0.5, 0.6) is 5.75 Å². The van der Waals surface area contributed by atoms with Crippen LogP contribution in [-0.4, -0.2) is 24.6 Å². The molecule has 0 unspecified atom stereocenters. The minimum atomic E-state index is -0.965. The number of rotatable bonds is 7. The number of carbonyl (C=O) groups excluding carboxylic acids is 1. The lowest BCUT2D eigenvalue weighted by Crippen LogP contribution is -3.08. The van der Waals surface area contributed by atoms with Gasteiger partial charge in [0.15, 0.2) is 5.60 Å². The molecule has 4 nitrogen and oxygen atoms in total. The Labute approximate surface area is 166 Å². The van der Waals surface area contributed by atoms with Crippen LogP contribution in [0.4, 0.5) is 0 Å². The molecule has 5 heteroatoms. The van der Waals surface area contributed by atoms with Crippen molar-refractivity contribution in [3.8, 4) is 5.75 Å². The second-order valence-electron chi connectivity index (χ2n) is 7.70. The maximum atomic E-state index is 12.5. The molecule has 2 N–H and O–H groups in total. The van der Waals surface area contributed by atoms with Crippen LogP contribution in [0.3, 0.4) is 0 Å². The number of carbonyl (C=O) groups is 1. The molecule has 0 saturated carbocycles. The number of ether oxygens (including phenoxy) is 1. The number of nitrogens with one attached hydrogen (secondary N) is 2. The van der Waals surface area contributed by atoms with Gasteiger partial charge in [-0.1, -0.05) is 35.9 Å². The van der Waals surface area contributed by atoms with Gasteiger partial charge in [-0.15, -0.1) is 0 Å². The molecule has 2 aromatic carbocycles. The van der Waals surface area contributed by atoms with E-state index in [0.717, 1.165) is 12.1 Å². The van der Waals surface area contributed by atoms with E-state index in [1.54, 1.807) is 43.0 Å². The van der Waals surface area contributed by atoms with Crippen LogP contribution in [0.15, 0.2) is 48.5 Å². The van der Waals surface area contributed by atoms with Gasteiger partial charge in [0.25, 0.3) is 5.91 Å². The van der Waals surface area contributed by atoms with Crippen molar-refractivity contribution in [3.63, 3.8) is 0 Å². The molecule has 3 rings (SSSR count). The van der Waals surface area contributed by atoms with Crippen LogP contribution in [0.1, 0.15) is 37.8 Å². The van der Waals surface area contributed by atoms with Crippen molar-refractivity contribution >= 4 is 17.5 Å². The van der Waals surface area contributed by atoms with E-state index < -0.39 is 5.60 Å². The van der Waals surface area contributed by atoms with Gasteiger partial charge in [0.05, 0.1) is 13.1 Å². The van der Waals surface area contributed by atoms with Crippen LogP contribution < -0.4 is 15.0 Å². The highest BCUT2D eigenvalue weighted by molar-refractivity contribution is 6.30. The molecule has 2 aromatic rings. The molecule has 0 aromatic heterocycles. The first kappa shape index (κ1) is 19.7.